The van der Waals surface area contributed by atoms with E-state index in [1.807, 2.05) is 37.6 Å². The summed E-state index contributed by atoms with van der Waals surface area (Å²) in [6.07, 6.45) is 4.45. The van der Waals surface area contributed by atoms with E-state index in [9.17, 15) is 4.79 Å². The highest BCUT2D eigenvalue weighted by molar-refractivity contribution is 5.91. The molecular weight excluding hydrogens is 332 g/mol. The lowest BCUT2D eigenvalue weighted by Gasteiger charge is -2.35. The molecule has 4 N–H and O–H groups in total. The van der Waals surface area contributed by atoms with E-state index in [1.165, 1.54) is 0 Å². The van der Waals surface area contributed by atoms with Gasteiger partial charge in [0, 0.05) is 36.3 Å². The number of aryl methyl sites for hydroxylation is 1. The van der Waals surface area contributed by atoms with Crippen molar-refractivity contribution in [3.8, 4) is 11.1 Å². The molecule has 0 radical (unpaired) electrons. The first-order valence-electron chi connectivity index (χ1n) is 8.73. The molecule has 3 heterocycles. The van der Waals surface area contributed by atoms with Crippen molar-refractivity contribution in [3.63, 3.8) is 0 Å². The predicted octanol–water partition coefficient (Wildman–Crippen LogP) is 1.85. The summed E-state index contributed by atoms with van der Waals surface area (Å²) in [5.41, 5.74) is 3.56. The van der Waals surface area contributed by atoms with Crippen molar-refractivity contribution in [2.24, 2.45) is 7.05 Å². The van der Waals surface area contributed by atoms with Gasteiger partial charge in [-0.2, -0.15) is 5.10 Å². The van der Waals surface area contributed by atoms with Gasteiger partial charge in [-0.3, -0.25) is 4.68 Å². The minimum atomic E-state index is -1.00. The third-order valence-electron chi connectivity index (χ3n) is 5.17. The van der Waals surface area contributed by atoms with Gasteiger partial charge in [0.2, 0.25) is 0 Å². The van der Waals surface area contributed by atoms with Crippen LogP contribution in [0, 0.1) is 0 Å². The Morgan fingerprint density at radius 1 is 1.38 bits per heavy atom. The van der Waals surface area contributed by atoms with Gasteiger partial charge in [0.1, 0.15) is 5.82 Å². The van der Waals surface area contributed by atoms with Crippen LogP contribution < -0.4 is 10.6 Å². The van der Waals surface area contributed by atoms with Crippen LogP contribution in [0.5, 0.6) is 0 Å². The van der Waals surface area contributed by atoms with Gasteiger partial charge in [-0.25, -0.2) is 9.78 Å². The number of hydrogen-bond donors (Lipinski definition) is 4. The van der Waals surface area contributed by atoms with Crippen LogP contribution in [-0.2, 0) is 12.5 Å². The number of para-hydroxylation sites is 1. The number of nitrogens with zero attached hydrogens (tertiary/aromatic N) is 3. The molecule has 8 nitrogen and oxygen atoms in total. The van der Waals surface area contributed by atoms with E-state index >= 15 is 0 Å². The zero-order valence-corrected chi connectivity index (χ0v) is 14.6. The van der Waals surface area contributed by atoms with E-state index in [0.29, 0.717) is 6.54 Å². The number of rotatable bonds is 4. The van der Waals surface area contributed by atoms with Gasteiger partial charge in [-0.1, -0.05) is 12.1 Å². The molecule has 8 heteroatoms. The normalized spacial score (nSPS) is 16.7. The number of aromatic amines is 1. The molecule has 0 unspecified atom stereocenters. The van der Waals surface area contributed by atoms with Crippen molar-refractivity contribution >= 4 is 17.1 Å². The molecule has 1 aliphatic rings. The van der Waals surface area contributed by atoms with Crippen LogP contribution in [0.3, 0.4) is 0 Å². The van der Waals surface area contributed by atoms with Gasteiger partial charge in [-0.05, 0) is 32.0 Å². The van der Waals surface area contributed by atoms with Gasteiger partial charge in [-0.15, -0.1) is 0 Å². The van der Waals surface area contributed by atoms with Gasteiger partial charge >= 0.3 is 6.09 Å². The Bertz CT molecular complexity index is 938. The van der Waals surface area contributed by atoms with E-state index in [1.54, 1.807) is 4.68 Å². The fourth-order valence-corrected chi connectivity index (χ4v) is 3.72. The molecule has 0 spiro atoms. The Morgan fingerprint density at radius 3 is 2.88 bits per heavy atom. The second-order valence-corrected chi connectivity index (χ2v) is 6.88. The number of benzene rings is 1. The largest absolute Gasteiger partial charge is 0.465 e. The highest BCUT2D eigenvalue weighted by atomic mass is 16.4. The maximum absolute atomic E-state index is 11.1. The molecule has 3 aromatic rings. The number of amides is 1. The van der Waals surface area contributed by atoms with Gasteiger partial charge < -0.3 is 20.7 Å². The second kappa shape index (κ2) is 6.45. The van der Waals surface area contributed by atoms with Crippen LogP contribution >= 0.6 is 0 Å². The van der Waals surface area contributed by atoms with E-state index in [0.717, 1.165) is 53.9 Å². The van der Waals surface area contributed by atoms with Crippen molar-refractivity contribution in [2.75, 3.05) is 19.6 Å². The van der Waals surface area contributed by atoms with Crippen molar-refractivity contribution < 1.29 is 9.90 Å². The zero-order chi connectivity index (χ0) is 18.1. The molecule has 0 bridgehead atoms. The van der Waals surface area contributed by atoms with Crippen LogP contribution in [0.15, 0.2) is 30.6 Å². The summed E-state index contributed by atoms with van der Waals surface area (Å²) >= 11 is 0. The SMILES string of the molecule is Cn1cc(-c2cccc3[nH]c(C4(CNC(=O)O)CCNCC4)nc23)cn1. The van der Waals surface area contributed by atoms with Crippen LogP contribution in [-0.4, -0.2) is 50.6 Å². The van der Waals surface area contributed by atoms with Gasteiger partial charge in [0.05, 0.1) is 17.2 Å². The Kier molecular flexibility index (Phi) is 4.12. The number of carbonyl (C=O) groups is 1. The average molecular weight is 354 g/mol. The lowest BCUT2D eigenvalue weighted by Crippen LogP contribution is -2.48. The molecule has 1 saturated heterocycles. The number of aromatic nitrogens is 4. The first-order valence-corrected chi connectivity index (χ1v) is 8.73. The average Bonchev–Trinajstić information content (AvgIpc) is 3.27. The lowest BCUT2D eigenvalue weighted by molar-refractivity contribution is 0.186. The van der Waals surface area contributed by atoms with Crippen LogP contribution in [0.25, 0.3) is 22.2 Å². The first-order chi connectivity index (χ1) is 12.6. The molecule has 1 aliphatic heterocycles. The molecule has 1 fully saturated rings. The molecule has 0 atom stereocenters. The number of hydrogen-bond acceptors (Lipinski definition) is 4. The number of imidazole rings is 1. The molecule has 136 valence electrons. The minimum absolute atomic E-state index is 0.325. The van der Waals surface area contributed by atoms with Crippen molar-refractivity contribution in [3.05, 3.63) is 36.4 Å². The molecule has 2 aromatic heterocycles. The Balaban J connectivity index is 1.79. The maximum atomic E-state index is 11.1. The number of H-pyrrole nitrogens is 1. The van der Waals surface area contributed by atoms with Gasteiger partial charge in [0.15, 0.2) is 0 Å². The van der Waals surface area contributed by atoms with E-state index in [4.69, 9.17) is 10.1 Å². The topological polar surface area (TPSA) is 108 Å². The Labute approximate surface area is 150 Å². The summed E-state index contributed by atoms with van der Waals surface area (Å²) in [6.45, 7) is 2.04. The number of piperidine rings is 1. The third-order valence-corrected chi connectivity index (χ3v) is 5.17. The molecular formula is C18H22N6O2. The summed E-state index contributed by atoms with van der Waals surface area (Å²) in [5, 5.41) is 19.2. The fourth-order valence-electron chi connectivity index (χ4n) is 3.72. The molecule has 0 aliphatic carbocycles. The number of nitrogens with one attached hydrogen (secondary N) is 3. The van der Waals surface area contributed by atoms with E-state index in [-0.39, 0.29) is 5.41 Å². The first kappa shape index (κ1) is 16.6. The number of fused-ring (bicyclic) bond motifs is 1. The van der Waals surface area contributed by atoms with Crippen LogP contribution in [0.4, 0.5) is 4.79 Å². The monoisotopic (exact) mass is 354 g/mol. The van der Waals surface area contributed by atoms with Crippen molar-refractivity contribution in [2.45, 2.75) is 18.3 Å². The standard InChI is InChI=1S/C18H22N6O2/c1-24-10-12(9-21-24)13-3-2-4-14-15(13)23-16(22-14)18(11-20-17(25)26)5-7-19-8-6-18/h2-4,9-10,19-20H,5-8,11H2,1H3,(H,22,23)(H,25,26). The van der Waals surface area contributed by atoms with Crippen LogP contribution in [0.2, 0.25) is 0 Å². The van der Waals surface area contributed by atoms with Gasteiger partial charge in [0.25, 0.3) is 0 Å². The maximum Gasteiger partial charge on any atom is 0.404 e. The zero-order valence-electron chi connectivity index (χ0n) is 14.6. The van der Waals surface area contributed by atoms with Crippen molar-refractivity contribution in [1.29, 1.82) is 0 Å². The summed E-state index contributed by atoms with van der Waals surface area (Å²) in [4.78, 5) is 19.4. The van der Waals surface area contributed by atoms with E-state index < -0.39 is 6.09 Å². The lowest BCUT2D eigenvalue weighted by atomic mass is 9.78. The fraction of sp³-hybridized carbons (Fsp3) is 0.389. The second-order valence-electron chi connectivity index (χ2n) is 6.88. The Hall–Kier alpha value is -2.87. The third kappa shape index (κ3) is 2.92. The Morgan fingerprint density at radius 2 is 2.19 bits per heavy atom. The summed E-state index contributed by atoms with van der Waals surface area (Å²) in [5.74, 6) is 0.846. The molecule has 1 amide bonds. The smallest absolute Gasteiger partial charge is 0.404 e. The number of carboxylic acid groups (broad SMARTS) is 1. The van der Waals surface area contributed by atoms with E-state index in [2.05, 4.69) is 20.7 Å². The molecule has 1 aromatic carbocycles. The minimum Gasteiger partial charge on any atom is -0.465 e. The molecule has 4 rings (SSSR count). The molecule has 0 saturated carbocycles. The van der Waals surface area contributed by atoms with Crippen LogP contribution in [0.1, 0.15) is 18.7 Å². The summed E-state index contributed by atoms with van der Waals surface area (Å²) < 4.78 is 1.77. The summed E-state index contributed by atoms with van der Waals surface area (Å²) in [7, 11) is 1.89. The quantitative estimate of drug-likeness (QED) is 0.572. The predicted molar refractivity (Wildman–Crippen MR) is 98.1 cm³/mol. The molecule has 26 heavy (non-hydrogen) atoms. The highest BCUT2D eigenvalue weighted by Crippen LogP contribution is 2.34. The highest BCUT2D eigenvalue weighted by Gasteiger charge is 2.37. The van der Waals surface area contributed by atoms with Crippen molar-refractivity contribution in [1.82, 2.24) is 30.4 Å². The summed E-state index contributed by atoms with van der Waals surface area (Å²) in [6, 6.07) is 6.04.